The number of likely N-dealkylation sites (tertiary alicyclic amines) is 2. The summed E-state index contributed by atoms with van der Waals surface area (Å²) in [6, 6.07) is 18.0. The van der Waals surface area contributed by atoms with Crippen LogP contribution in [0, 0.1) is 12.8 Å². The number of halogens is 1. The number of aliphatic hydroxyl groups is 1. The number of aliphatic carboxylic acids is 1. The van der Waals surface area contributed by atoms with Crippen molar-refractivity contribution in [3.05, 3.63) is 106 Å². The van der Waals surface area contributed by atoms with Gasteiger partial charge in [-0.05, 0) is 72.8 Å². The fourth-order valence-corrected chi connectivity index (χ4v) is 6.50. The van der Waals surface area contributed by atoms with Crippen LogP contribution < -0.4 is 10.6 Å². The maximum absolute atomic E-state index is 13.1. The Hall–Kier alpha value is -4.68. The van der Waals surface area contributed by atoms with Crippen LogP contribution in [0.4, 0.5) is 11.4 Å². The van der Waals surface area contributed by atoms with Gasteiger partial charge in [0.15, 0.2) is 0 Å². The van der Waals surface area contributed by atoms with E-state index in [2.05, 4.69) is 30.4 Å². The molecule has 4 N–H and O–H groups in total. The van der Waals surface area contributed by atoms with E-state index >= 15 is 0 Å². The standard InChI is InChI=1S/C36H37ClN6O5/c1-22-27(4-2-6-29(22)40-34(45)31-10-8-23(16-38-31)18-42-14-12-25(20-42)36(47)48)28-5-3-7-30(33(28)37)41-35(46)32-11-9-24(17-39-32)19-43-15-13-26(44)21-43/h2-11,16-17,25-26,44H,12-15,18-21H2,1H3,(H,40,45)(H,41,46)(H,47,48)/t25?,26-/m1/s1. The summed E-state index contributed by atoms with van der Waals surface area (Å²) in [6.45, 7) is 5.81. The number of hydrogen-bond donors (Lipinski definition) is 4. The fourth-order valence-electron chi connectivity index (χ4n) is 6.23. The largest absolute Gasteiger partial charge is 0.481 e. The van der Waals surface area contributed by atoms with Crippen molar-refractivity contribution in [3.63, 3.8) is 0 Å². The predicted octanol–water partition coefficient (Wildman–Crippen LogP) is 5.08. The zero-order valence-electron chi connectivity index (χ0n) is 26.5. The van der Waals surface area contributed by atoms with E-state index in [1.54, 1.807) is 42.7 Å². The molecule has 2 amide bonds. The van der Waals surface area contributed by atoms with Gasteiger partial charge in [0.2, 0.25) is 0 Å². The van der Waals surface area contributed by atoms with Gasteiger partial charge in [0.05, 0.1) is 22.7 Å². The van der Waals surface area contributed by atoms with Gasteiger partial charge in [0.1, 0.15) is 11.4 Å². The second-order valence-corrected chi connectivity index (χ2v) is 12.8. The summed E-state index contributed by atoms with van der Waals surface area (Å²) >= 11 is 6.84. The third-order valence-corrected chi connectivity index (χ3v) is 9.32. The Balaban J connectivity index is 1.10. The van der Waals surface area contributed by atoms with Crippen molar-refractivity contribution in [3.8, 4) is 11.1 Å². The van der Waals surface area contributed by atoms with Crippen molar-refractivity contribution in [1.82, 2.24) is 19.8 Å². The molecule has 2 saturated heterocycles. The summed E-state index contributed by atoms with van der Waals surface area (Å²) in [4.78, 5) is 50.4. The van der Waals surface area contributed by atoms with Crippen LogP contribution in [0.25, 0.3) is 11.1 Å². The number of anilines is 2. The third kappa shape index (κ3) is 7.71. The van der Waals surface area contributed by atoms with Gasteiger partial charge >= 0.3 is 5.97 Å². The second kappa shape index (κ2) is 14.6. The highest BCUT2D eigenvalue weighted by Crippen LogP contribution is 2.37. The van der Waals surface area contributed by atoms with Crippen LogP contribution in [0.5, 0.6) is 0 Å². The van der Waals surface area contributed by atoms with Gasteiger partial charge in [-0.2, -0.15) is 0 Å². The Labute approximate surface area is 283 Å². The molecule has 4 heterocycles. The summed E-state index contributed by atoms with van der Waals surface area (Å²) in [5.41, 5.74) is 5.68. The van der Waals surface area contributed by atoms with E-state index in [1.165, 1.54) is 0 Å². The van der Waals surface area contributed by atoms with Crippen LogP contribution in [-0.4, -0.2) is 80.0 Å². The van der Waals surface area contributed by atoms with Crippen LogP contribution in [0.15, 0.2) is 73.1 Å². The number of pyridine rings is 2. The fraction of sp³-hybridized carbons (Fsp3) is 0.306. The average Bonchev–Trinajstić information content (AvgIpc) is 3.72. The van der Waals surface area contributed by atoms with E-state index in [-0.39, 0.29) is 29.3 Å². The molecule has 0 saturated carbocycles. The molecule has 0 radical (unpaired) electrons. The number of carbonyl (C=O) groups is 3. The molecule has 2 aliphatic rings. The number of aliphatic hydroxyl groups excluding tert-OH is 1. The molecule has 4 aromatic rings. The van der Waals surface area contributed by atoms with Gasteiger partial charge < -0.3 is 20.8 Å². The highest BCUT2D eigenvalue weighted by atomic mass is 35.5. The van der Waals surface area contributed by atoms with Crippen LogP contribution in [-0.2, 0) is 17.9 Å². The van der Waals surface area contributed by atoms with Crippen molar-refractivity contribution in [2.75, 3.05) is 36.8 Å². The summed E-state index contributed by atoms with van der Waals surface area (Å²) in [7, 11) is 0. The molecule has 6 rings (SSSR count). The molecule has 2 aliphatic heterocycles. The highest BCUT2D eigenvalue weighted by molar-refractivity contribution is 6.36. The molecule has 2 aromatic heterocycles. The Morgan fingerprint density at radius 3 is 1.90 bits per heavy atom. The van der Waals surface area contributed by atoms with Gasteiger partial charge in [0.25, 0.3) is 11.8 Å². The number of hydrogen-bond acceptors (Lipinski definition) is 8. The lowest BCUT2D eigenvalue weighted by Crippen LogP contribution is -2.23. The number of rotatable bonds is 10. The van der Waals surface area contributed by atoms with Crippen molar-refractivity contribution in [2.45, 2.75) is 39.0 Å². The van der Waals surface area contributed by atoms with Crippen LogP contribution in [0.1, 0.15) is 50.5 Å². The maximum atomic E-state index is 13.1. The number of carboxylic acid groups (broad SMARTS) is 1. The molecule has 48 heavy (non-hydrogen) atoms. The molecule has 248 valence electrons. The van der Waals surface area contributed by atoms with Crippen molar-refractivity contribution >= 4 is 40.8 Å². The van der Waals surface area contributed by atoms with Crippen LogP contribution >= 0.6 is 11.6 Å². The monoisotopic (exact) mass is 668 g/mol. The first-order chi connectivity index (χ1) is 23.1. The summed E-state index contributed by atoms with van der Waals surface area (Å²) in [6.07, 6.45) is 4.43. The molecular weight excluding hydrogens is 632 g/mol. The number of nitrogens with one attached hydrogen (secondary N) is 2. The number of benzene rings is 2. The topological polar surface area (TPSA) is 148 Å². The smallest absolute Gasteiger partial charge is 0.307 e. The molecule has 1 unspecified atom stereocenters. The zero-order chi connectivity index (χ0) is 33.8. The Morgan fingerprint density at radius 1 is 0.792 bits per heavy atom. The number of amides is 2. The lowest BCUT2D eigenvalue weighted by atomic mass is 9.98. The molecule has 11 nitrogen and oxygen atoms in total. The number of β-amino-alcohol motifs (C(OH)–C–C–N with tert-alkyl or cyclic N) is 1. The van der Waals surface area contributed by atoms with Crippen LogP contribution in [0.2, 0.25) is 5.02 Å². The van der Waals surface area contributed by atoms with E-state index in [0.29, 0.717) is 61.1 Å². The second-order valence-electron chi connectivity index (χ2n) is 12.4. The van der Waals surface area contributed by atoms with E-state index in [1.807, 2.05) is 37.3 Å². The molecule has 2 aromatic carbocycles. The zero-order valence-corrected chi connectivity index (χ0v) is 27.3. The van der Waals surface area contributed by atoms with Gasteiger partial charge in [-0.25, -0.2) is 0 Å². The number of carboxylic acids is 1. The Morgan fingerprint density at radius 2 is 1.35 bits per heavy atom. The van der Waals surface area contributed by atoms with Crippen molar-refractivity contribution in [2.24, 2.45) is 5.92 Å². The predicted molar refractivity (Wildman–Crippen MR) is 183 cm³/mol. The number of carbonyl (C=O) groups excluding carboxylic acids is 2. The molecule has 0 bridgehead atoms. The van der Waals surface area contributed by atoms with Crippen LogP contribution in [0.3, 0.4) is 0 Å². The molecule has 12 heteroatoms. The van der Waals surface area contributed by atoms with E-state index < -0.39 is 11.9 Å². The van der Waals surface area contributed by atoms with Gasteiger partial charge in [-0.1, -0.05) is 48.0 Å². The van der Waals surface area contributed by atoms with Gasteiger partial charge in [-0.3, -0.25) is 34.2 Å². The first kappa shape index (κ1) is 33.2. The maximum Gasteiger partial charge on any atom is 0.307 e. The summed E-state index contributed by atoms with van der Waals surface area (Å²) < 4.78 is 0. The molecule has 2 atom stereocenters. The third-order valence-electron chi connectivity index (χ3n) is 8.92. The van der Waals surface area contributed by atoms with E-state index in [4.69, 9.17) is 11.6 Å². The Bertz CT molecular complexity index is 1820. The molecule has 2 fully saturated rings. The van der Waals surface area contributed by atoms with Crippen molar-refractivity contribution in [1.29, 1.82) is 0 Å². The minimum absolute atomic E-state index is 0.257. The highest BCUT2D eigenvalue weighted by Gasteiger charge is 2.28. The van der Waals surface area contributed by atoms with Gasteiger partial charge in [-0.15, -0.1) is 0 Å². The number of aromatic nitrogens is 2. The Kier molecular flexibility index (Phi) is 10.1. The van der Waals surface area contributed by atoms with E-state index in [0.717, 1.165) is 35.2 Å². The normalized spacial score (nSPS) is 18.1. The minimum Gasteiger partial charge on any atom is -0.481 e. The molecule has 0 aliphatic carbocycles. The summed E-state index contributed by atoms with van der Waals surface area (Å²) in [5, 5.41) is 25.2. The quantitative estimate of drug-likeness (QED) is 0.182. The molecular formula is C36H37ClN6O5. The lowest BCUT2D eigenvalue weighted by molar-refractivity contribution is -0.141. The van der Waals surface area contributed by atoms with E-state index in [9.17, 15) is 24.6 Å². The van der Waals surface area contributed by atoms with Gasteiger partial charge in [0, 0.05) is 56.4 Å². The summed E-state index contributed by atoms with van der Waals surface area (Å²) in [5.74, 6) is -1.87. The first-order valence-electron chi connectivity index (χ1n) is 15.9. The lowest BCUT2D eigenvalue weighted by Gasteiger charge is -2.16. The molecule has 0 spiro atoms. The SMILES string of the molecule is Cc1c(NC(=O)c2ccc(CN3CCC(C(=O)O)C3)cn2)cccc1-c1cccc(NC(=O)c2ccc(CN3CC[C@@H](O)C3)cn2)c1Cl. The number of nitrogens with zero attached hydrogens (tertiary/aromatic N) is 4. The van der Waals surface area contributed by atoms with Crippen molar-refractivity contribution < 1.29 is 24.6 Å². The minimum atomic E-state index is -0.768. The first-order valence-corrected chi connectivity index (χ1v) is 16.3. The average molecular weight is 669 g/mol.